The molecule has 2 aromatic rings. The van der Waals surface area contributed by atoms with Crippen molar-refractivity contribution in [2.45, 2.75) is 6.42 Å². The number of nitrogens with zero attached hydrogens (tertiary/aromatic N) is 3. The fourth-order valence-electron chi connectivity index (χ4n) is 1.64. The van der Waals surface area contributed by atoms with E-state index in [0.717, 1.165) is 11.8 Å². The summed E-state index contributed by atoms with van der Waals surface area (Å²) in [6.07, 6.45) is 1.70. The molecule has 20 heavy (non-hydrogen) atoms. The standard InChI is InChI=1S/C12H13N5O3/c13-12-15-7-10(17(19)20)11(16-12)14-6-5-8-1-3-9(18)4-2-8/h1-4,7,18H,5-6H2,(H3,13,14,15,16). The first-order chi connectivity index (χ1) is 9.56. The van der Waals surface area contributed by atoms with Crippen molar-refractivity contribution in [1.82, 2.24) is 9.97 Å². The maximum Gasteiger partial charge on any atom is 0.329 e. The van der Waals surface area contributed by atoms with Gasteiger partial charge in [0.25, 0.3) is 0 Å². The zero-order valence-electron chi connectivity index (χ0n) is 10.5. The second-order valence-corrected chi connectivity index (χ2v) is 4.06. The van der Waals surface area contributed by atoms with Gasteiger partial charge in [0.05, 0.1) is 4.92 Å². The zero-order valence-corrected chi connectivity index (χ0v) is 10.5. The number of phenolic OH excluding ortho intramolecular Hbond substituents is 1. The van der Waals surface area contributed by atoms with E-state index in [1.165, 1.54) is 0 Å². The highest BCUT2D eigenvalue weighted by Gasteiger charge is 2.15. The van der Waals surface area contributed by atoms with Gasteiger partial charge in [0.2, 0.25) is 11.8 Å². The van der Waals surface area contributed by atoms with Gasteiger partial charge in [-0.25, -0.2) is 4.98 Å². The Labute approximate surface area is 114 Å². The number of rotatable bonds is 5. The van der Waals surface area contributed by atoms with Crippen LogP contribution in [0.25, 0.3) is 0 Å². The quantitative estimate of drug-likeness (QED) is 0.554. The van der Waals surface area contributed by atoms with Crippen molar-refractivity contribution in [3.05, 3.63) is 46.1 Å². The fraction of sp³-hybridized carbons (Fsp3) is 0.167. The lowest BCUT2D eigenvalue weighted by Crippen LogP contribution is -2.10. The van der Waals surface area contributed by atoms with Gasteiger partial charge in [-0.2, -0.15) is 4.98 Å². The third kappa shape index (κ3) is 3.31. The smallest absolute Gasteiger partial charge is 0.329 e. The minimum atomic E-state index is -0.567. The molecule has 0 unspecified atom stereocenters. The number of anilines is 2. The van der Waals surface area contributed by atoms with Crippen LogP contribution in [0.1, 0.15) is 5.56 Å². The van der Waals surface area contributed by atoms with E-state index in [2.05, 4.69) is 15.3 Å². The molecular weight excluding hydrogens is 262 g/mol. The molecule has 0 spiro atoms. The molecule has 1 aromatic heterocycles. The second-order valence-electron chi connectivity index (χ2n) is 4.06. The van der Waals surface area contributed by atoms with Crippen LogP contribution in [0.15, 0.2) is 30.5 Å². The molecule has 0 aliphatic rings. The highest BCUT2D eigenvalue weighted by atomic mass is 16.6. The highest BCUT2D eigenvalue weighted by molar-refractivity contribution is 5.56. The van der Waals surface area contributed by atoms with Crippen molar-refractivity contribution in [1.29, 1.82) is 0 Å². The maximum atomic E-state index is 10.8. The molecule has 0 fully saturated rings. The molecule has 0 aliphatic heterocycles. The molecule has 0 atom stereocenters. The number of benzene rings is 1. The van der Waals surface area contributed by atoms with Gasteiger partial charge in [-0.05, 0) is 24.1 Å². The van der Waals surface area contributed by atoms with Crippen molar-refractivity contribution in [2.24, 2.45) is 0 Å². The number of hydrogen-bond donors (Lipinski definition) is 3. The van der Waals surface area contributed by atoms with Crippen LogP contribution in [0.5, 0.6) is 5.75 Å². The van der Waals surface area contributed by atoms with E-state index < -0.39 is 4.92 Å². The van der Waals surface area contributed by atoms with Crippen molar-refractivity contribution in [3.63, 3.8) is 0 Å². The van der Waals surface area contributed by atoms with Gasteiger partial charge >= 0.3 is 5.69 Å². The number of nitro groups is 1. The van der Waals surface area contributed by atoms with Gasteiger partial charge in [0.15, 0.2) is 0 Å². The Bertz CT molecular complexity index is 615. The van der Waals surface area contributed by atoms with E-state index in [9.17, 15) is 10.1 Å². The lowest BCUT2D eigenvalue weighted by molar-refractivity contribution is -0.384. The van der Waals surface area contributed by atoms with Crippen LogP contribution in [0.2, 0.25) is 0 Å². The normalized spacial score (nSPS) is 10.2. The maximum absolute atomic E-state index is 10.8. The Morgan fingerprint density at radius 1 is 1.35 bits per heavy atom. The Morgan fingerprint density at radius 2 is 2.05 bits per heavy atom. The van der Waals surface area contributed by atoms with Crippen molar-refractivity contribution < 1.29 is 10.0 Å². The Hall–Kier alpha value is -2.90. The van der Waals surface area contributed by atoms with Crippen LogP contribution >= 0.6 is 0 Å². The number of nitrogen functional groups attached to an aromatic ring is 1. The lowest BCUT2D eigenvalue weighted by atomic mass is 10.1. The number of nitrogens with two attached hydrogens (primary N) is 1. The van der Waals surface area contributed by atoms with E-state index in [-0.39, 0.29) is 23.2 Å². The molecule has 1 heterocycles. The van der Waals surface area contributed by atoms with Crippen molar-refractivity contribution >= 4 is 17.5 Å². The molecule has 0 saturated carbocycles. The third-order valence-electron chi connectivity index (χ3n) is 2.63. The van der Waals surface area contributed by atoms with E-state index in [1.54, 1.807) is 24.3 Å². The number of phenols is 1. The number of hydrogen-bond acceptors (Lipinski definition) is 7. The zero-order chi connectivity index (χ0) is 14.5. The van der Waals surface area contributed by atoms with E-state index >= 15 is 0 Å². The average Bonchev–Trinajstić information content (AvgIpc) is 2.41. The summed E-state index contributed by atoms with van der Waals surface area (Å²) >= 11 is 0. The van der Waals surface area contributed by atoms with Gasteiger partial charge in [-0.15, -0.1) is 0 Å². The number of aromatic hydroxyl groups is 1. The summed E-state index contributed by atoms with van der Waals surface area (Å²) in [5.41, 5.74) is 6.18. The van der Waals surface area contributed by atoms with Crippen molar-refractivity contribution in [3.8, 4) is 5.75 Å². The Kier molecular flexibility index (Phi) is 3.94. The fourth-order valence-corrected chi connectivity index (χ4v) is 1.64. The monoisotopic (exact) mass is 275 g/mol. The molecule has 4 N–H and O–H groups in total. The van der Waals surface area contributed by atoms with E-state index in [1.807, 2.05) is 0 Å². The minimum absolute atomic E-state index is 0.0252. The average molecular weight is 275 g/mol. The SMILES string of the molecule is Nc1ncc([N+](=O)[O-])c(NCCc2ccc(O)cc2)n1. The molecule has 0 radical (unpaired) electrons. The van der Waals surface area contributed by atoms with Gasteiger partial charge < -0.3 is 16.2 Å². The summed E-state index contributed by atoms with van der Waals surface area (Å²) in [6.45, 7) is 0.446. The number of nitrogens with one attached hydrogen (secondary N) is 1. The number of aromatic nitrogens is 2. The third-order valence-corrected chi connectivity index (χ3v) is 2.63. The van der Waals surface area contributed by atoms with Crippen molar-refractivity contribution in [2.75, 3.05) is 17.6 Å². The molecule has 0 amide bonds. The highest BCUT2D eigenvalue weighted by Crippen LogP contribution is 2.21. The molecule has 104 valence electrons. The van der Waals surface area contributed by atoms with Crippen LogP contribution in [0.3, 0.4) is 0 Å². The predicted octanol–water partition coefficient (Wildman–Crippen LogP) is 1.33. The largest absolute Gasteiger partial charge is 0.508 e. The second kappa shape index (κ2) is 5.83. The first-order valence-corrected chi connectivity index (χ1v) is 5.85. The van der Waals surface area contributed by atoms with Crippen LogP contribution in [-0.2, 0) is 6.42 Å². The van der Waals surface area contributed by atoms with Gasteiger partial charge in [0, 0.05) is 6.54 Å². The molecule has 0 bridgehead atoms. The minimum Gasteiger partial charge on any atom is -0.508 e. The van der Waals surface area contributed by atoms with Crippen LogP contribution in [-0.4, -0.2) is 26.5 Å². The predicted molar refractivity (Wildman–Crippen MR) is 73.4 cm³/mol. The van der Waals surface area contributed by atoms with E-state index in [4.69, 9.17) is 10.8 Å². The summed E-state index contributed by atoms with van der Waals surface area (Å²) < 4.78 is 0. The van der Waals surface area contributed by atoms with Crippen LogP contribution in [0.4, 0.5) is 17.5 Å². The first kappa shape index (κ1) is 13.5. The molecular formula is C12H13N5O3. The molecule has 2 rings (SSSR count). The molecule has 8 heteroatoms. The van der Waals surface area contributed by atoms with Gasteiger partial charge in [-0.1, -0.05) is 12.1 Å². The van der Waals surface area contributed by atoms with Gasteiger partial charge in [0.1, 0.15) is 11.9 Å². The summed E-state index contributed by atoms with van der Waals surface area (Å²) in [5, 5.41) is 22.9. The molecule has 0 aliphatic carbocycles. The lowest BCUT2D eigenvalue weighted by Gasteiger charge is -2.06. The summed E-state index contributed by atoms with van der Waals surface area (Å²) in [6, 6.07) is 6.72. The van der Waals surface area contributed by atoms with Crippen LogP contribution in [0, 0.1) is 10.1 Å². The summed E-state index contributed by atoms with van der Waals surface area (Å²) in [4.78, 5) is 17.7. The first-order valence-electron chi connectivity index (χ1n) is 5.85. The molecule has 1 aromatic carbocycles. The Morgan fingerprint density at radius 3 is 2.70 bits per heavy atom. The molecule has 0 saturated heterocycles. The van der Waals surface area contributed by atoms with E-state index in [0.29, 0.717) is 13.0 Å². The van der Waals surface area contributed by atoms with Gasteiger partial charge in [-0.3, -0.25) is 10.1 Å². The summed E-state index contributed by atoms with van der Waals surface area (Å²) in [5.74, 6) is 0.268. The topological polar surface area (TPSA) is 127 Å². The Balaban J connectivity index is 2.02. The molecule has 8 nitrogen and oxygen atoms in total. The summed E-state index contributed by atoms with van der Waals surface area (Å²) in [7, 11) is 0. The van der Waals surface area contributed by atoms with Crippen LogP contribution < -0.4 is 11.1 Å².